The molecule has 0 saturated carbocycles. The third-order valence-corrected chi connectivity index (χ3v) is 2.87. The zero-order valence-electron chi connectivity index (χ0n) is 10.8. The molecule has 19 heavy (non-hydrogen) atoms. The third kappa shape index (κ3) is 2.68. The lowest BCUT2D eigenvalue weighted by Gasteiger charge is -2.08. The summed E-state index contributed by atoms with van der Waals surface area (Å²) in [4.78, 5) is 16.7. The number of oxime groups is 1. The second-order valence-electron chi connectivity index (χ2n) is 4.06. The number of hydrogen-bond acceptors (Lipinski definition) is 6. The van der Waals surface area contributed by atoms with Gasteiger partial charge in [0.2, 0.25) is 0 Å². The molecule has 1 N–H and O–H groups in total. The summed E-state index contributed by atoms with van der Waals surface area (Å²) in [6.45, 7) is -0.0903. The van der Waals surface area contributed by atoms with Crippen LogP contribution in [0.1, 0.15) is 22.3 Å². The van der Waals surface area contributed by atoms with Gasteiger partial charge in [-0.2, -0.15) is 0 Å². The molecule has 1 aromatic rings. The van der Waals surface area contributed by atoms with Crippen LogP contribution < -0.4 is 4.74 Å². The van der Waals surface area contributed by atoms with Crippen LogP contribution in [-0.4, -0.2) is 43.7 Å². The molecule has 0 fully saturated rings. The fourth-order valence-corrected chi connectivity index (χ4v) is 1.85. The number of esters is 1. The molecule has 0 radical (unpaired) electrons. The normalized spacial score (nSPS) is 17.6. The van der Waals surface area contributed by atoms with Crippen molar-refractivity contribution in [1.82, 2.24) is 0 Å². The Labute approximate surface area is 110 Å². The van der Waals surface area contributed by atoms with Crippen LogP contribution in [-0.2, 0) is 9.57 Å². The summed E-state index contributed by atoms with van der Waals surface area (Å²) < 4.78 is 9.82. The number of nitrogens with zero attached hydrogens (tertiary/aromatic N) is 1. The summed E-state index contributed by atoms with van der Waals surface area (Å²) in [5.41, 5.74) is 1.77. The first-order chi connectivity index (χ1) is 9.19. The molecule has 0 spiro atoms. The minimum Gasteiger partial charge on any atom is -0.496 e. The molecule has 2 rings (SSSR count). The molecular weight excluding hydrogens is 250 g/mol. The summed E-state index contributed by atoms with van der Waals surface area (Å²) in [6, 6.07) is 5.11. The number of ether oxygens (including phenoxy) is 2. The molecule has 1 aromatic carbocycles. The predicted molar refractivity (Wildman–Crippen MR) is 67.4 cm³/mol. The average molecular weight is 265 g/mol. The highest BCUT2D eigenvalue weighted by Gasteiger charge is 2.23. The van der Waals surface area contributed by atoms with Gasteiger partial charge in [0.15, 0.2) is 6.10 Å². The molecule has 0 aromatic heterocycles. The van der Waals surface area contributed by atoms with E-state index in [2.05, 4.69) is 5.16 Å². The Morgan fingerprint density at radius 1 is 1.53 bits per heavy atom. The zero-order chi connectivity index (χ0) is 13.8. The van der Waals surface area contributed by atoms with Crippen molar-refractivity contribution in [3.8, 4) is 5.75 Å². The second-order valence-corrected chi connectivity index (χ2v) is 4.06. The Bertz CT molecular complexity index is 512. The van der Waals surface area contributed by atoms with Gasteiger partial charge in [-0.15, -0.1) is 0 Å². The van der Waals surface area contributed by atoms with Gasteiger partial charge in [-0.25, -0.2) is 4.79 Å². The number of benzene rings is 1. The first-order valence-electron chi connectivity index (χ1n) is 5.80. The maximum atomic E-state index is 11.7. The van der Waals surface area contributed by atoms with E-state index in [1.165, 1.54) is 14.2 Å². The number of methoxy groups -OCH3 is 2. The van der Waals surface area contributed by atoms with Crippen LogP contribution in [0.5, 0.6) is 5.75 Å². The van der Waals surface area contributed by atoms with E-state index in [0.29, 0.717) is 23.4 Å². The lowest BCUT2D eigenvalue weighted by atomic mass is 10.0. The van der Waals surface area contributed by atoms with Crippen LogP contribution in [0, 0.1) is 0 Å². The second kappa shape index (κ2) is 5.71. The molecule has 6 heteroatoms. The molecule has 1 atom stereocenters. The molecule has 102 valence electrons. The van der Waals surface area contributed by atoms with E-state index in [1.54, 1.807) is 18.2 Å². The monoisotopic (exact) mass is 265 g/mol. The van der Waals surface area contributed by atoms with Crippen molar-refractivity contribution in [2.24, 2.45) is 5.16 Å². The number of carbonyl (C=O) groups excluding carboxylic acids is 1. The molecule has 1 aliphatic rings. The lowest BCUT2D eigenvalue weighted by Crippen LogP contribution is -2.13. The largest absolute Gasteiger partial charge is 0.496 e. The topological polar surface area (TPSA) is 77.4 Å². The Morgan fingerprint density at radius 3 is 2.89 bits per heavy atom. The fraction of sp³-hybridized carbons (Fsp3) is 0.385. The number of rotatable bonds is 4. The summed E-state index contributed by atoms with van der Waals surface area (Å²) in [6.07, 6.45) is 0.183. The third-order valence-electron chi connectivity index (χ3n) is 2.87. The van der Waals surface area contributed by atoms with Gasteiger partial charge in [-0.05, 0) is 18.2 Å². The predicted octanol–water partition coefficient (Wildman–Crippen LogP) is 0.967. The Hall–Kier alpha value is -2.08. The van der Waals surface area contributed by atoms with Crippen LogP contribution in [0.2, 0.25) is 0 Å². The van der Waals surface area contributed by atoms with Crippen LogP contribution in [0.4, 0.5) is 0 Å². The molecule has 0 bridgehead atoms. The number of aliphatic hydroxyl groups excluding tert-OH is 1. The van der Waals surface area contributed by atoms with Gasteiger partial charge < -0.3 is 19.4 Å². The smallest absolute Gasteiger partial charge is 0.341 e. The molecule has 0 saturated heterocycles. The lowest BCUT2D eigenvalue weighted by molar-refractivity contribution is 0.0390. The van der Waals surface area contributed by atoms with Crippen LogP contribution in [0.15, 0.2) is 23.4 Å². The summed E-state index contributed by atoms with van der Waals surface area (Å²) in [5, 5.41) is 12.9. The number of hydrogen-bond donors (Lipinski definition) is 1. The van der Waals surface area contributed by atoms with Gasteiger partial charge in [-0.1, -0.05) is 5.16 Å². The van der Waals surface area contributed by atoms with Crippen molar-refractivity contribution in [3.63, 3.8) is 0 Å². The molecule has 0 aliphatic carbocycles. The first-order valence-corrected chi connectivity index (χ1v) is 5.80. The van der Waals surface area contributed by atoms with E-state index < -0.39 is 5.97 Å². The molecule has 1 unspecified atom stereocenters. The van der Waals surface area contributed by atoms with Gasteiger partial charge in [0.25, 0.3) is 0 Å². The van der Waals surface area contributed by atoms with E-state index in [4.69, 9.17) is 19.4 Å². The van der Waals surface area contributed by atoms with E-state index in [1.807, 2.05) is 0 Å². The molecule has 6 nitrogen and oxygen atoms in total. The van der Waals surface area contributed by atoms with Crippen molar-refractivity contribution in [2.75, 3.05) is 20.8 Å². The zero-order valence-corrected chi connectivity index (χ0v) is 10.8. The Kier molecular flexibility index (Phi) is 4.01. The van der Waals surface area contributed by atoms with Crippen molar-refractivity contribution in [3.05, 3.63) is 29.3 Å². The summed E-state index contributed by atoms with van der Waals surface area (Å²) in [7, 11) is 2.80. The molecule has 1 heterocycles. The minimum atomic E-state index is -0.475. The van der Waals surface area contributed by atoms with Gasteiger partial charge in [0, 0.05) is 12.0 Å². The Balaban J connectivity index is 2.31. The van der Waals surface area contributed by atoms with Gasteiger partial charge in [0.1, 0.15) is 11.3 Å². The minimum absolute atomic E-state index is 0.0903. The first kappa shape index (κ1) is 13.4. The summed E-state index contributed by atoms with van der Waals surface area (Å²) in [5.74, 6) is -0.0363. The number of carbonyl (C=O) groups is 1. The standard InChI is InChI=1S/C13H15NO5/c1-17-12-4-3-8(5-10(12)13(16)18-2)11-6-9(7-15)19-14-11/h3-5,9,15H,6-7H2,1-2H3. The van der Waals surface area contributed by atoms with Crippen molar-refractivity contribution in [2.45, 2.75) is 12.5 Å². The maximum Gasteiger partial charge on any atom is 0.341 e. The van der Waals surface area contributed by atoms with Crippen LogP contribution >= 0.6 is 0 Å². The summed E-state index contributed by atoms with van der Waals surface area (Å²) >= 11 is 0. The van der Waals surface area contributed by atoms with E-state index in [-0.39, 0.29) is 12.7 Å². The highest BCUT2D eigenvalue weighted by atomic mass is 16.6. The fourth-order valence-electron chi connectivity index (χ4n) is 1.85. The van der Waals surface area contributed by atoms with Gasteiger partial charge in [-0.3, -0.25) is 0 Å². The van der Waals surface area contributed by atoms with Crippen molar-refractivity contribution in [1.29, 1.82) is 0 Å². The maximum absolute atomic E-state index is 11.7. The SMILES string of the molecule is COC(=O)c1cc(C2=NOC(CO)C2)ccc1OC. The molecular formula is C13H15NO5. The van der Waals surface area contributed by atoms with Crippen LogP contribution in [0.3, 0.4) is 0 Å². The van der Waals surface area contributed by atoms with E-state index in [9.17, 15) is 4.79 Å². The van der Waals surface area contributed by atoms with Crippen molar-refractivity contribution < 1.29 is 24.2 Å². The number of aliphatic hydroxyl groups is 1. The Morgan fingerprint density at radius 2 is 2.32 bits per heavy atom. The van der Waals surface area contributed by atoms with E-state index >= 15 is 0 Å². The quantitative estimate of drug-likeness (QED) is 0.821. The van der Waals surface area contributed by atoms with Crippen molar-refractivity contribution >= 4 is 11.7 Å². The van der Waals surface area contributed by atoms with Gasteiger partial charge in [0.05, 0.1) is 26.5 Å². The highest BCUT2D eigenvalue weighted by molar-refractivity contribution is 6.04. The molecule has 0 amide bonds. The highest BCUT2D eigenvalue weighted by Crippen LogP contribution is 2.24. The molecule has 1 aliphatic heterocycles. The van der Waals surface area contributed by atoms with Gasteiger partial charge >= 0.3 is 5.97 Å². The average Bonchev–Trinajstić information content (AvgIpc) is 2.94. The van der Waals surface area contributed by atoms with E-state index in [0.717, 1.165) is 5.56 Å². The van der Waals surface area contributed by atoms with Crippen LogP contribution in [0.25, 0.3) is 0 Å².